The van der Waals surface area contributed by atoms with Crippen molar-refractivity contribution in [2.75, 3.05) is 7.11 Å². The molecule has 1 atom stereocenters. The molecule has 1 heterocycles. The molecule has 0 fully saturated rings. The molecule has 0 saturated heterocycles. The lowest BCUT2D eigenvalue weighted by atomic mass is 10.2. The first-order chi connectivity index (χ1) is 8.11. The molecular weight excluding hydrogens is 286 g/mol. The van der Waals surface area contributed by atoms with Gasteiger partial charge in [0.1, 0.15) is 5.75 Å². The maximum atomic E-state index is 5.67. The summed E-state index contributed by atoms with van der Waals surface area (Å²) in [6.45, 7) is 1.79. The zero-order valence-electron chi connectivity index (χ0n) is 9.48. The standard InChI is InChI=1S/C11H12BrN3O2/c1-6(13)10-14-15-11(17-10)8-5-7(16-2)3-4-9(8)12/h3-6H,13H2,1-2H3. The van der Waals surface area contributed by atoms with E-state index in [2.05, 4.69) is 26.1 Å². The number of nitrogens with zero attached hydrogens (tertiary/aromatic N) is 2. The van der Waals surface area contributed by atoms with E-state index in [4.69, 9.17) is 14.9 Å². The average molecular weight is 298 g/mol. The fourth-order valence-corrected chi connectivity index (χ4v) is 1.74. The summed E-state index contributed by atoms with van der Waals surface area (Å²) < 4.78 is 11.5. The first-order valence-electron chi connectivity index (χ1n) is 5.04. The SMILES string of the molecule is COc1ccc(Br)c(-c2nnc(C(C)N)o2)c1. The highest BCUT2D eigenvalue weighted by Crippen LogP contribution is 2.31. The Labute approximate surface area is 107 Å². The van der Waals surface area contributed by atoms with Crippen molar-refractivity contribution in [2.24, 2.45) is 5.73 Å². The Bertz CT molecular complexity index is 525. The van der Waals surface area contributed by atoms with E-state index in [1.807, 2.05) is 18.2 Å². The second kappa shape index (κ2) is 4.85. The summed E-state index contributed by atoms with van der Waals surface area (Å²) in [5, 5.41) is 7.85. The summed E-state index contributed by atoms with van der Waals surface area (Å²) in [7, 11) is 1.61. The smallest absolute Gasteiger partial charge is 0.249 e. The maximum absolute atomic E-state index is 5.67. The number of ether oxygens (including phenoxy) is 1. The third-order valence-corrected chi connectivity index (χ3v) is 2.93. The molecule has 0 spiro atoms. The van der Waals surface area contributed by atoms with Gasteiger partial charge in [0.15, 0.2) is 0 Å². The first kappa shape index (κ1) is 12.1. The molecule has 17 heavy (non-hydrogen) atoms. The van der Waals surface area contributed by atoms with Crippen LogP contribution in [0.2, 0.25) is 0 Å². The molecule has 2 rings (SSSR count). The van der Waals surface area contributed by atoms with Crippen molar-refractivity contribution < 1.29 is 9.15 Å². The number of benzene rings is 1. The van der Waals surface area contributed by atoms with Gasteiger partial charge in [0.2, 0.25) is 11.8 Å². The highest BCUT2D eigenvalue weighted by Gasteiger charge is 2.14. The maximum Gasteiger partial charge on any atom is 0.249 e. The van der Waals surface area contributed by atoms with Gasteiger partial charge in [-0.1, -0.05) is 0 Å². The van der Waals surface area contributed by atoms with E-state index < -0.39 is 0 Å². The number of hydrogen-bond acceptors (Lipinski definition) is 5. The number of halogens is 1. The number of hydrogen-bond donors (Lipinski definition) is 1. The molecular formula is C11H12BrN3O2. The largest absolute Gasteiger partial charge is 0.497 e. The molecule has 0 saturated carbocycles. The third kappa shape index (κ3) is 2.48. The van der Waals surface area contributed by atoms with Gasteiger partial charge >= 0.3 is 0 Å². The van der Waals surface area contributed by atoms with E-state index in [9.17, 15) is 0 Å². The molecule has 1 aromatic heterocycles. The Kier molecular flexibility index (Phi) is 3.44. The monoisotopic (exact) mass is 297 g/mol. The van der Waals surface area contributed by atoms with Gasteiger partial charge in [0.25, 0.3) is 0 Å². The van der Waals surface area contributed by atoms with Crippen LogP contribution in [0, 0.1) is 0 Å². The minimum atomic E-state index is -0.277. The zero-order valence-corrected chi connectivity index (χ0v) is 11.1. The van der Waals surface area contributed by atoms with Crippen LogP contribution in [0.25, 0.3) is 11.5 Å². The van der Waals surface area contributed by atoms with E-state index in [-0.39, 0.29) is 6.04 Å². The van der Waals surface area contributed by atoms with Crippen LogP contribution in [-0.4, -0.2) is 17.3 Å². The quantitative estimate of drug-likeness (QED) is 0.942. The van der Waals surface area contributed by atoms with Crippen LogP contribution in [0.3, 0.4) is 0 Å². The molecule has 2 N–H and O–H groups in total. The fourth-order valence-electron chi connectivity index (χ4n) is 1.32. The predicted octanol–water partition coefficient (Wildman–Crippen LogP) is 2.53. The number of nitrogens with two attached hydrogens (primary N) is 1. The van der Waals surface area contributed by atoms with Crippen LogP contribution in [0.15, 0.2) is 27.1 Å². The summed E-state index contributed by atoms with van der Waals surface area (Å²) in [6.07, 6.45) is 0. The highest BCUT2D eigenvalue weighted by molar-refractivity contribution is 9.10. The topological polar surface area (TPSA) is 74.2 Å². The number of aromatic nitrogens is 2. The molecule has 0 aliphatic rings. The summed E-state index contributed by atoms with van der Waals surface area (Å²) in [4.78, 5) is 0. The van der Waals surface area contributed by atoms with E-state index >= 15 is 0 Å². The lowest BCUT2D eigenvalue weighted by Crippen LogP contribution is -2.04. The fraction of sp³-hybridized carbons (Fsp3) is 0.273. The van der Waals surface area contributed by atoms with E-state index in [1.54, 1.807) is 14.0 Å². The minimum absolute atomic E-state index is 0.277. The van der Waals surface area contributed by atoms with Gasteiger partial charge in [-0.2, -0.15) is 0 Å². The van der Waals surface area contributed by atoms with Gasteiger partial charge in [-0.05, 0) is 41.1 Å². The summed E-state index contributed by atoms with van der Waals surface area (Å²) in [5.41, 5.74) is 6.45. The third-order valence-electron chi connectivity index (χ3n) is 2.23. The Hall–Kier alpha value is -1.40. The molecule has 0 aliphatic carbocycles. The van der Waals surface area contributed by atoms with Crippen LogP contribution in [0.1, 0.15) is 18.9 Å². The minimum Gasteiger partial charge on any atom is -0.497 e. The number of rotatable bonds is 3. The van der Waals surface area contributed by atoms with Crippen molar-refractivity contribution in [3.05, 3.63) is 28.6 Å². The molecule has 1 aromatic carbocycles. The lowest BCUT2D eigenvalue weighted by Gasteiger charge is -2.03. The lowest BCUT2D eigenvalue weighted by molar-refractivity contribution is 0.414. The second-order valence-electron chi connectivity index (χ2n) is 3.58. The molecule has 0 amide bonds. The van der Waals surface area contributed by atoms with Crippen LogP contribution in [0.5, 0.6) is 5.75 Å². The average Bonchev–Trinajstić information content (AvgIpc) is 2.79. The predicted molar refractivity (Wildman–Crippen MR) is 66.6 cm³/mol. The normalized spacial score (nSPS) is 12.5. The van der Waals surface area contributed by atoms with Crippen molar-refractivity contribution in [1.82, 2.24) is 10.2 Å². The second-order valence-corrected chi connectivity index (χ2v) is 4.43. The van der Waals surface area contributed by atoms with Gasteiger partial charge in [-0.3, -0.25) is 0 Å². The van der Waals surface area contributed by atoms with E-state index in [1.165, 1.54) is 0 Å². The van der Waals surface area contributed by atoms with Gasteiger partial charge in [0, 0.05) is 4.47 Å². The number of methoxy groups -OCH3 is 1. The molecule has 6 heteroatoms. The van der Waals surface area contributed by atoms with Gasteiger partial charge in [0.05, 0.1) is 18.7 Å². The molecule has 0 aliphatic heterocycles. The van der Waals surface area contributed by atoms with Crippen molar-refractivity contribution in [2.45, 2.75) is 13.0 Å². The van der Waals surface area contributed by atoms with E-state index in [0.29, 0.717) is 11.8 Å². The Morgan fingerprint density at radius 3 is 2.76 bits per heavy atom. The van der Waals surface area contributed by atoms with Crippen LogP contribution in [0.4, 0.5) is 0 Å². The summed E-state index contributed by atoms with van der Waals surface area (Å²) >= 11 is 3.43. The molecule has 5 nitrogen and oxygen atoms in total. The van der Waals surface area contributed by atoms with Crippen LogP contribution in [-0.2, 0) is 0 Å². The van der Waals surface area contributed by atoms with Crippen molar-refractivity contribution in [3.63, 3.8) is 0 Å². The first-order valence-corrected chi connectivity index (χ1v) is 5.84. The Balaban J connectivity index is 2.44. The van der Waals surface area contributed by atoms with E-state index in [0.717, 1.165) is 15.8 Å². The molecule has 2 aromatic rings. The summed E-state index contributed by atoms with van der Waals surface area (Å²) in [6, 6.07) is 5.25. The van der Waals surface area contributed by atoms with Crippen molar-refractivity contribution in [3.8, 4) is 17.2 Å². The van der Waals surface area contributed by atoms with Crippen molar-refractivity contribution in [1.29, 1.82) is 0 Å². The van der Waals surface area contributed by atoms with Crippen LogP contribution >= 0.6 is 15.9 Å². The highest BCUT2D eigenvalue weighted by atomic mass is 79.9. The van der Waals surface area contributed by atoms with Gasteiger partial charge < -0.3 is 14.9 Å². The van der Waals surface area contributed by atoms with Crippen molar-refractivity contribution >= 4 is 15.9 Å². The summed E-state index contributed by atoms with van der Waals surface area (Å²) in [5.74, 6) is 1.56. The molecule has 0 bridgehead atoms. The molecule has 1 unspecified atom stereocenters. The van der Waals surface area contributed by atoms with Gasteiger partial charge in [-0.15, -0.1) is 10.2 Å². The van der Waals surface area contributed by atoms with Gasteiger partial charge in [-0.25, -0.2) is 0 Å². The van der Waals surface area contributed by atoms with Crippen LogP contribution < -0.4 is 10.5 Å². The Morgan fingerprint density at radius 1 is 1.41 bits per heavy atom. The Morgan fingerprint density at radius 2 is 2.18 bits per heavy atom. The molecule has 0 radical (unpaired) electrons. The zero-order chi connectivity index (χ0) is 12.4. The molecule has 90 valence electrons.